The predicted molar refractivity (Wildman–Crippen MR) is 70.7 cm³/mol. The molecule has 0 aromatic carbocycles. The van der Waals surface area contributed by atoms with Crippen molar-refractivity contribution in [3.8, 4) is 0 Å². The van der Waals surface area contributed by atoms with Gasteiger partial charge in [-0.1, -0.05) is 6.07 Å². The van der Waals surface area contributed by atoms with E-state index in [1.165, 1.54) is 24.3 Å². The summed E-state index contributed by atoms with van der Waals surface area (Å²) in [7, 11) is 0. The topological polar surface area (TPSA) is 29.3 Å². The third-order valence-electron chi connectivity index (χ3n) is 3.63. The third-order valence-corrected chi connectivity index (χ3v) is 4.58. The van der Waals surface area contributed by atoms with Crippen molar-refractivity contribution >= 4 is 11.3 Å². The van der Waals surface area contributed by atoms with Crippen LogP contribution >= 0.6 is 11.3 Å². The van der Waals surface area contributed by atoms with E-state index in [9.17, 15) is 0 Å². The van der Waals surface area contributed by atoms with Crippen LogP contribution in [0, 0.1) is 0 Å². The van der Waals surface area contributed by atoms with Crippen molar-refractivity contribution in [2.75, 3.05) is 6.54 Å². The second kappa shape index (κ2) is 4.47. The van der Waals surface area contributed by atoms with E-state index in [0.29, 0.717) is 11.6 Å². The molecule has 1 saturated heterocycles. The van der Waals surface area contributed by atoms with Gasteiger partial charge in [0.1, 0.15) is 0 Å². The highest BCUT2D eigenvalue weighted by atomic mass is 32.1. The van der Waals surface area contributed by atoms with Crippen LogP contribution in [0.2, 0.25) is 0 Å². The number of hydrogen-bond acceptors (Lipinski definition) is 3. The summed E-state index contributed by atoms with van der Waals surface area (Å²) in [5, 5.41) is 2.15. The zero-order valence-corrected chi connectivity index (χ0v) is 11.3. The summed E-state index contributed by atoms with van der Waals surface area (Å²) < 4.78 is 0. The molecule has 2 N–H and O–H groups in total. The summed E-state index contributed by atoms with van der Waals surface area (Å²) in [5.74, 6) is 0. The highest BCUT2D eigenvalue weighted by Crippen LogP contribution is 2.38. The lowest BCUT2D eigenvalue weighted by atomic mass is 9.97. The average molecular weight is 238 g/mol. The van der Waals surface area contributed by atoms with E-state index in [1.807, 2.05) is 11.3 Å². The summed E-state index contributed by atoms with van der Waals surface area (Å²) in [6.45, 7) is 7.97. The van der Waals surface area contributed by atoms with Crippen LogP contribution in [-0.4, -0.2) is 23.0 Å². The maximum Gasteiger partial charge on any atom is 0.0595 e. The van der Waals surface area contributed by atoms with Gasteiger partial charge in [0.2, 0.25) is 0 Å². The van der Waals surface area contributed by atoms with E-state index in [2.05, 4.69) is 43.2 Å². The fourth-order valence-electron chi connectivity index (χ4n) is 2.80. The summed E-state index contributed by atoms with van der Waals surface area (Å²) in [5.41, 5.74) is 6.49. The smallest absolute Gasteiger partial charge is 0.0595 e. The number of rotatable bonds is 3. The van der Waals surface area contributed by atoms with Gasteiger partial charge >= 0.3 is 0 Å². The van der Waals surface area contributed by atoms with Crippen LogP contribution in [0.3, 0.4) is 0 Å². The number of likely N-dealkylation sites (tertiary alicyclic amines) is 1. The molecule has 0 bridgehead atoms. The van der Waals surface area contributed by atoms with Crippen molar-refractivity contribution in [2.45, 2.75) is 51.2 Å². The molecule has 0 radical (unpaired) electrons. The summed E-state index contributed by atoms with van der Waals surface area (Å²) >= 11 is 1.83. The van der Waals surface area contributed by atoms with Crippen LogP contribution < -0.4 is 5.73 Å². The molecule has 2 rings (SSSR count). The van der Waals surface area contributed by atoms with E-state index in [-0.39, 0.29) is 6.04 Å². The molecule has 0 spiro atoms. The molecule has 1 aromatic rings. The largest absolute Gasteiger partial charge is 0.326 e. The lowest BCUT2D eigenvalue weighted by Crippen LogP contribution is -2.46. The first kappa shape index (κ1) is 12.1. The molecule has 0 amide bonds. The summed E-state index contributed by atoms with van der Waals surface area (Å²) in [6.07, 6.45) is 2.57. The predicted octanol–water partition coefficient (Wildman–Crippen LogP) is 3.01. The number of hydrogen-bond donors (Lipinski definition) is 1. The second-order valence-electron chi connectivity index (χ2n) is 5.43. The maximum atomic E-state index is 6.19. The first-order valence-electron chi connectivity index (χ1n) is 6.08. The molecule has 3 heteroatoms. The van der Waals surface area contributed by atoms with Gasteiger partial charge in [0, 0.05) is 16.5 Å². The second-order valence-corrected chi connectivity index (χ2v) is 6.41. The van der Waals surface area contributed by atoms with Crippen LogP contribution in [0.15, 0.2) is 17.5 Å². The van der Waals surface area contributed by atoms with E-state index in [0.717, 1.165) is 0 Å². The Morgan fingerprint density at radius 1 is 1.50 bits per heavy atom. The molecule has 2 nitrogen and oxygen atoms in total. The molecular formula is C13H22N2S. The molecule has 2 atom stereocenters. The quantitative estimate of drug-likeness (QED) is 0.877. The van der Waals surface area contributed by atoms with Crippen molar-refractivity contribution in [3.63, 3.8) is 0 Å². The average Bonchev–Trinajstić information content (AvgIpc) is 2.77. The molecule has 2 unspecified atom stereocenters. The minimum absolute atomic E-state index is 0.191. The zero-order valence-electron chi connectivity index (χ0n) is 10.4. The lowest BCUT2D eigenvalue weighted by Gasteiger charge is -2.40. The highest BCUT2D eigenvalue weighted by molar-refractivity contribution is 7.10. The van der Waals surface area contributed by atoms with Gasteiger partial charge in [0.25, 0.3) is 0 Å². The minimum atomic E-state index is 0.191. The molecule has 90 valence electrons. The van der Waals surface area contributed by atoms with Crippen molar-refractivity contribution < 1.29 is 0 Å². The Labute approximate surface area is 102 Å². The van der Waals surface area contributed by atoms with Crippen molar-refractivity contribution in [2.24, 2.45) is 5.73 Å². The minimum Gasteiger partial charge on any atom is -0.326 e. The highest BCUT2D eigenvalue weighted by Gasteiger charge is 2.38. The Balaban J connectivity index is 2.27. The monoisotopic (exact) mass is 238 g/mol. The summed E-state index contributed by atoms with van der Waals surface area (Å²) in [4.78, 5) is 3.99. The Bertz CT molecular complexity index is 330. The number of nitrogens with zero attached hydrogens (tertiary/aromatic N) is 1. The molecule has 1 fully saturated rings. The van der Waals surface area contributed by atoms with Gasteiger partial charge in [0.15, 0.2) is 0 Å². The Hall–Kier alpha value is -0.380. The zero-order chi connectivity index (χ0) is 11.8. The van der Waals surface area contributed by atoms with Crippen LogP contribution in [0.5, 0.6) is 0 Å². The van der Waals surface area contributed by atoms with E-state index >= 15 is 0 Å². The first-order valence-corrected chi connectivity index (χ1v) is 6.96. The molecule has 2 heterocycles. The first-order chi connectivity index (χ1) is 7.52. The van der Waals surface area contributed by atoms with Gasteiger partial charge in [-0.25, -0.2) is 0 Å². The number of thiophene rings is 1. The molecule has 1 aliphatic heterocycles. The van der Waals surface area contributed by atoms with Gasteiger partial charge in [-0.3, -0.25) is 4.90 Å². The van der Waals surface area contributed by atoms with E-state index in [4.69, 9.17) is 5.73 Å². The SMILES string of the molecule is CC(N)C(c1cccs1)N1CCCC1(C)C. The summed E-state index contributed by atoms with van der Waals surface area (Å²) in [6, 6.07) is 4.92. The number of nitrogens with two attached hydrogens (primary N) is 1. The third kappa shape index (κ3) is 2.17. The fourth-order valence-corrected chi connectivity index (χ4v) is 3.75. The van der Waals surface area contributed by atoms with Crippen LogP contribution in [-0.2, 0) is 0 Å². The molecule has 0 aliphatic carbocycles. The molecular weight excluding hydrogens is 216 g/mol. The van der Waals surface area contributed by atoms with Crippen molar-refractivity contribution in [1.29, 1.82) is 0 Å². The van der Waals surface area contributed by atoms with Gasteiger partial charge < -0.3 is 5.73 Å². The standard InChI is InChI=1S/C13H22N2S/c1-10(14)12(11-6-4-9-16-11)15-8-5-7-13(15,2)3/h4,6,9-10,12H,5,7-8,14H2,1-3H3. The fraction of sp³-hybridized carbons (Fsp3) is 0.692. The van der Waals surface area contributed by atoms with Gasteiger partial charge in [0.05, 0.1) is 6.04 Å². The van der Waals surface area contributed by atoms with Crippen LogP contribution in [0.25, 0.3) is 0 Å². The molecule has 0 saturated carbocycles. The molecule has 1 aromatic heterocycles. The Morgan fingerprint density at radius 2 is 2.25 bits per heavy atom. The van der Waals surface area contributed by atoms with Crippen LogP contribution in [0.1, 0.15) is 44.5 Å². The normalized spacial score (nSPS) is 24.5. The van der Waals surface area contributed by atoms with Crippen LogP contribution in [0.4, 0.5) is 0 Å². The Morgan fingerprint density at radius 3 is 2.69 bits per heavy atom. The van der Waals surface area contributed by atoms with E-state index in [1.54, 1.807) is 0 Å². The maximum absolute atomic E-state index is 6.19. The van der Waals surface area contributed by atoms with Gasteiger partial charge in [-0.15, -0.1) is 11.3 Å². The Kier molecular flexibility index (Phi) is 3.38. The van der Waals surface area contributed by atoms with Gasteiger partial charge in [-0.2, -0.15) is 0 Å². The molecule has 16 heavy (non-hydrogen) atoms. The lowest BCUT2D eigenvalue weighted by molar-refractivity contribution is 0.103. The molecule has 1 aliphatic rings. The van der Waals surface area contributed by atoms with Crippen molar-refractivity contribution in [1.82, 2.24) is 4.90 Å². The van der Waals surface area contributed by atoms with Gasteiger partial charge in [-0.05, 0) is 51.6 Å². The van der Waals surface area contributed by atoms with E-state index < -0.39 is 0 Å². The van der Waals surface area contributed by atoms with Crippen molar-refractivity contribution in [3.05, 3.63) is 22.4 Å².